The molecule has 1 aromatic rings. The van der Waals surface area contributed by atoms with Crippen LogP contribution in [0.15, 0.2) is 18.2 Å². The first-order valence-corrected chi connectivity index (χ1v) is 5.85. The Hall–Kier alpha value is -1.80. The van der Waals surface area contributed by atoms with Crippen molar-refractivity contribution >= 4 is 17.3 Å². The number of carbonyl (C=O) groups excluding carboxylic acids is 1. The average molecular weight is 290 g/mol. The lowest BCUT2D eigenvalue weighted by Crippen LogP contribution is -2.39. The van der Waals surface area contributed by atoms with Crippen LogP contribution in [0.25, 0.3) is 0 Å². The van der Waals surface area contributed by atoms with Crippen LogP contribution in [-0.2, 0) is 20.4 Å². The summed E-state index contributed by atoms with van der Waals surface area (Å²) in [7, 11) is 0. The van der Waals surface area contributed by atoms with Gasteiger partial charge in [0.05, 0.1) is 36.8 Å². The van der Waals surface area contributed by atoms with Gasteiger partial charge in [-0.1, -0.05) is 0 Å². The minimum absolute atomic E-state index is 0.104. The highest BCUT2D eigenvalue weighted by molar-refractivity contribution is 5.96. The van der Waals surface area contributed by atoms with Crippen molar-refractivity contribution in [3.05, 3.63) is 23.8 Å². The first kappa shape index (κ1) is 14.6. The van der Waals surface area contributed by atoms with Gasteiger partial charge in [-0.2, -0.15) is 13.2 Å². The van der Waals surface area contributed by atoms with E-state index in [1.54, 1.807) is 0 Å². The maximum atomic E-state index is 12.5. The third kappa shape index (κ3) is 3.40. The molecule has 0 saturated carbocycles. The molecule has 1 amide bonds. The molecule has 1 aliphatic heterocycles. The molecule has 1 aliphatic rings. The minimum Gasteiger partial charge on any atom is -0.397 e. The summed E-state index contributed by atoms with van der Waals surface area (Å²) >= 11 is 0. The first-order chi connectivity index (χ1) is 9.38. The molecular weight excluding hydrogens is 277 g/mol. The molecule has 1 atom stereocenters. The molecule has 1 unspecified atom stereocenters. The van der Waals surface area contributed by atoms with E-state index in [1.165, 1.54) is 0 Å². The highest BCUT2D eigenvalue weighted by atomic mass is 19.4. The number of ether oxygens (including phenoxy) is 2. The topological polar surface area (TPSA) is 73.6 Å². The zero-order valence-electron chi connectivity index (χ0n) is 10.4. The molecule has 0 spiro atoms. The SMILES string of the molecule is Nc1cc(C(F)(F)F)ccc1NC(=O)C1COCCO1. The fourth-order valence-corrected chi connectivity index (χ4v) is 1.71. The number of amides is 1. The number of carbonyl (C=O) groups is 1. The highest BCUT2D eigenvalue weighted by Gasteiger charge is 2.31. The number of benzene rings is 1. The lowest BCUT2D eigenvalue weighted by molar-refractivity contribution is -0.142. The second kappa shape index (κ2) is 5.68. The summed E-state index contributed by atoms with van der Waals surface area (Å²) in [5, 5.41) is 2.42. The summed E-state index contributed by atoms with van der Waals surface area (Å²) in [5.74, 6) is -0.504. The molecule has 1 fully saturated rings. The van der Waals surface area contributed by atoms with Gasteiger partial charge in [0.1, 0.15) is 0 Å². The molecule has 3 N–H and O–H groups in total. The van der Waals surface area contributed by atoms with Crippen molar-refractivity contribution in [1.29, 1.82) is 0 Å². The number of anilines is 2. The van der Waals surface area contributed by atoms with E-state index in [0.717, 1.165) is 18.2 Å². The lowest BCUT2D eigenvalue weighted by atomic mass is 10.1. The van der Waals surface area contributed by atoms with E-state index in [-0.39, 0.29) is 18.0 Å². The number of nitrogens with two attached hydrogens (primary N) is 1. The van der Waals surface area contributed by atoms with Crippen molar-refractivity contribution < 1.29 is 27.4 Å². The van der Waals surface area contributed by atoms with E-state index in [0.29, 0.717) is 13.2 Å². The Bertz CT molecular complexity index is 499. The van der Waals surface area contributed by atoms with Crippen LogP contribution in [0, 0.1) is 0 Å². The average Bonchev–Trinajstić information content (AvgIpc) is 2.41. The number of halogens is 3. The summed E-state index contributed by atoms with van der Waals surface area (Å²) < 4.78 is 47.7. The van der Waals surface area contributed by atoms with Gasteiger partial charge in [0.15, 0.2) is 6.10 Å². The number of rotatable bonds is 2. The number of nitrogens with one attached hydrogen (secondary N) is 1. The van der Waals surface area contributed by atoms with Gasteiger partial charge in [-0.3, -0.25) is 4.79 Å². The standard InChI is InChI=1S/C12H13F3N2O3/c13-12(14,15)7-1-2-9(8(16)5-7)17-11(18)10-6-19-3-4-20-10/h1-2,5,10H,3-4,6,16H2,(H,17,18). The van der Waals surface area contributed by atoms with E-state index in [2.05, 4.69) is 5.32 Å². The normalized spacial score (nSPS) is 19.6. The van der Waals surface area contributed by atoms with Crippen molar-refractivity contribution in [2.75, 3.05) is 30.9 Å². The lowest BCUT2D eigenvalue weighted by Gasteiger charge is -2.22. The zero-order chi connectivity index (χ0) is 14.8. The minimum atomic E-state index is -4.48. The number of hydrogen-bond donors (Lipinski definition) is 2. The molecule has 5 nitrogen and oxygen atoms in total. The van der Waals surface area contributed by atoms with Crippen LogP contribution in [0.1, 0.15) is 5.56 Å². The number of hydrogen-bond acceptors (Lipinski definition) is 4. The van der Waals surface area contributed by atoms with Gasteiger partial charge in [0.25, 0.3) is 5.91 Å². The van der Waals surface area contributed by atoms with Crippen molar-refractivity contribution in [3.63, 3.8) is 0 Å². The maximum absolute atomic E-state index is 12.5. The van der Waals surface area contributed by atoms with E-state index in [9.17, 15) is 18.0 Å². The third-order valence-electron chi connectivity index (χ3n) is 2.75. The van der Waals surface area contributed by atoms with Crippen LogP contribution < -0.4 is 11.1 Å². The first-order valence-electron chi connectivity index (χ1n) is 5.85. The maximum Gasteiger partial charge on any atom is 0.416 e. The van der Waals surface area contributed by atoms with Crippen molar-refractivity contribution in [1.82, 2.24) is 0 Å². The summed E-state index contributed by atoms with van der Waals surface area (Å²) in [6, 6.07) is 2.73. The predicted molar refractivity (Wildman–Crippen MR) is 65.0 cm³/mol. The molecule has 0 bridgehead atoms. The number of alkyl halides is 3. The van der Waals surface area contributed by atoms with E-state index in [1.807, 2.05) is 0 Å². The second-order valence-corrected chi connectivity index (χ2v) is 4.22. The Morgan fingerprint density at radius 3 is 2.65 bits per heavy atom. The Kier molecular flexibility index (Phi) is 4.15. The van der Waals surface area contributed by atoms with Gasteiger partial charge in [-0.05, 0) is 18.2 Å². The largest absolute Gasteiger partial charge is 0.416 e. The summed E-state index contributed by atoms with van der Waals surface area (Å²) in [6.07, 6.45) is -5.26. The van der Waals surface area contributed by atoms with E-state index >= 15 is 0 Å². The third-order valence-corrected chi connectivity index (χ3v) is 2.75. The molecule has 2 rings (SSSR count). The van der Waals surface area contributed by atoms with Crippen LogP contribution in [-0.4, -0.2) is 31.8 Å². The Morgan fingerprint density at radius 1 is 1.35 bits per heavy atom. The van der Waals surface area contributed by atoms with Gasteiger partial charge >= 0.3 is 6.18 Å². The van der Waals surface area contributed by atoms with Crippen LogP contribution in [0.3, 0.4) is 0 Å². The highest BCUT2D eigenvalue weighted by Crippen LogP contribution is 2.32. The fourth-order valence-electron chi connectivity index (χ4n) is 1.71. The van der Waals surface area contributed by atoms with Crippen LogP contribution >= 0.6 is 0 Å². The molecular formula is C12H13F3N2O3. The predicted octanol–water partition coefficient (Wildman–Crippen LogP) is 1.64. The molecule has 0 aliphatic carbocycles. The quantitative estimate of drug-likeness (QED) is 0.812. The molecule has 1 heterocycles. The molecule has 1 aromatic carbocycles. The monoisotopic (exact) mass is 290 g/mol. The molecule has 110 valence electrons. The Labute approximate surface area is 112 Å². The van der Waals surface area contributed by atoms with E-state index in [4.69, 9.17) is 15.2 Å². The number of nitrogen functional groups attached to an aromatic ring is 1. The molecule has 8 heteroatoms. The van der Waals surface area contributed by atoms with Crippen molar-refractivity contribution in [2.45, 2.75) is 12.3 Å². The van der Waals surface area contributed by atoms with Crippen LogP contribution in [0.5, 0.6) is 0 Å². The smallest absolute Gasteiger partial charge is 0.397 e. The fraction of sp³-hybridized carbons (Fsp3) is 0.417. The van der Waals surface area contributed by atoms with Gasteiger partial charge in [0.2, 0.25) is 0 Å². The van der Waals surface area contributed by atoms with Crippen LogP contribution in [0.4, 0.5) is 24.5 Å². The summed E-state index contributed by atoms with van der Waals surface area (Å²) in [4.78, 5) is 11.8. The van der Waals surface area contributed by atoms with E-state index < -0.39 is 23.8 Å². The second-order valence-electron chi connectivity index (χ2n) is 4.22. The summed E-state index contributed by atoms with van der Waals surface area (Å²) in [6.45, 7) is 0.805. The van der Waals surface area contributed by atoms with Gasteiger partial charge in [-0.15, -0.1) is 0 Å². The molecule has 0 radical (unpaired) electrons. The molecule has 20 heavy (non-hydrogen) atoms. The summed E-state index contributed by atoms with van der Waals surface area (Å²) in [5.41, 5.74) is 4.59. The van der Waals surface area contributed by atoms with Gasteiger partial charge < -0.3 is 20.5 Å². The zero-order valence-corrected chi connectivity index (χ0v) is 10.4. The molecule has 1 saturated heterocycles. The molecule has 0 aromatic heterocycles. The van der Waals surface area contributed by atoms with Crippen molar-refractivity contribution in [3.8, 4) is 0 Å². The van der Waals surface area contributed by atoms with Crippen molar-refractivity contribution in [2.24, 2.45) is 0 Å². The Morgan fingerprint density at radius 2 is 2.10 bits per heavy atom. The van der Waals surface area contributed by atoms with Gasteiger partial charge in [-0.25, -0.2) is 0 Å². The van der Waals surface area contributed by atoms with Crippen LogP contribution in [0.2, 0.25) is 0 Å². The Balaban J connectivity index is 2.08. The van der Waals surface area contributed by atoms with Gasteiger partial charge in [0, 0.05) is 0 Å².